The maximum Gasteiger partial charge on any atom is 0.407 e. The Bertz CT molecular complexity index is 2070. The first-order valence-corrected chi connectivity index (χ1v) is 18.8. The van der Waals surface area contributed by atoms with E-state index >= 15 is 0 Å². The second-order valence-corrected chi connectivity index (χ2v) is 14.0. The molecular formula is C39H44F2N8O9. The summed E-state index contributed by atoms with van der Waals surface area (Å²) in [5, 5.41) is 4.88. The first-order valence-electron chi connectivity index (χ1n) is 18.8. The number of carbonyl (C=O) groups is 4. The quantitative estimate of drug-likeness (QED) is 0.148. The van der Waals surface area contributed by atoms with Crippen molar-refractivity contribution in [2.45, 2.75) is 56.2 Å². The van der Waals surface area contributed by atoms with E-state index in [2.05, 4.69) is 44.8 Å². The van der Waals surface area contributed by atoms with Gasteiger partial charge in [-0.25, -0.2) is 19.6 Å². The lowest BCUT2D eigenvalue weighted by molar-refractivity contribution is -0.152. The minimum Gasteiger partial charge on any atom is -0.453 e. The topological polar surface area (TPSA) is 202 Å². The maximum absolute atomic E-state index is 13.5. The molecule has 3 saturated heterocycles. The maximum atomic E-state index is 13.5. The number of rotatable bonds is 13. The number of hydrogen-bond donors (Lipinski definition) is 4. The number of alkyl carbamates (subject to hydrolysis) is 2. The standard InChI is InChI=1S/C39H44F2N8O9/c1-54-37(52)44-21-32(50)49-22-39(57-16-17-58-39)18-31(49)34-43-20-29(46-34)26-11-7-24(8-12-26)23-5-9-25(10-6-23)28-19-42-33(45-28)30-4-3-14-48(30)35(51)27(47-38(53)55-2)13-15-56-36(40)41/h5-12,19-20,27,30-31,36H,3-4,13-18,21-22H2,1-2H3,(H,42,45)(H,43,46)(H,44,52)(H,47,53)/t27-,30-,31-/m0/s1. The second kappa shape index (κ2) is 17.7. The Hall–Kier alpha value is -5.92. The lowest BCUT2D eigenvalue weighted by Crippen LogP contribution is -2.49. The molecule has 0 saturated carbocycles. The fraction of sp³-hybridized carbons (Fsp3) is 0.436. The van der Waals surface area contributed by atoms with E-state index in [0.717, 1.165) is 40.8 Å². The Balaban J connectivity index is 1.000. The van der Waals surface area contributed by atoms with Crippen molar-refractivity contribution in [1.82, 2.24) is 40.4 Å². The third-order valence-electron chi connectivity index (χ3n) is 10.5. The molecule has 3 aliphatic heterocycles. The van der Waals surface area contributed by atoms with E-state index in [-0.39, 0.29) is 25.4 Å². The number of amides is 4. The monoisotopic (exact) mass is 806 g/mol. The van der Waals surface area contributed by atoms with Gasteiger partial charge in [0.1, 0.15) is 24.2 Å². The summed E-state index contributed by atoms with van der Waals surface area (Å²) < 4.78 is 50.6. The zero-order chi connectivity index (χ0) is 40.8. The highest BCUT2D eigenvalue weighted by molar-refractivity contribution is 5.86. The predicted molar refractivity (Wildman–Crippen MR) is 201 cm³/mol. The van der Waals surface area contributed by atoms with Crippen LogP contribution in [0.1, 0.15) is 49.4 Å². The average Bonchev–Trinajstić information content (AvgIpc) is 4.10. The minimum atomic E-state index is -2.99. The van der Waals surface area contributed by atoms with Crippen LogP contribution in [0.4, 0.5) is 18.4 Å². The molecule has 17 nitrogen and oxygen atoms in total. The fourth-order valence-electron chi connectivity index (χ4n) is 7.61. The molecule has 3 fully saturated rings. The van der Waals surface area contributed by atoms with Crippen LogP contribution in [0.3, 0.4) is 0 Å². The number of aromatic nitrogens is 4. The van der Waals surface area contributed by atoms with Crippen LogP contribution in [-0.4, -0.2) is 126 Å². The van der Waals surface area contributed by atoms with Crippen molar-refractivity contribution in [1.29, 1.82) is 0 Å². The number of alkyl halides is 2. The molecule has 5 heterocycles. The van der Waals surface area contributed by atoms with Gasteiger partial charge in [0.15, 0.2) is 5.79 Å². The summed E-state index contributed by atoms with van der Waals surface area (Å²) in [5.41, 5.74) is 5.25. The Morgan fingerprint density at radius 2 is 1.41 bits per heavy atom. The van der Waals surface area contributed by atoms with Gasteiger partial charge in [-0.05, 0) is 35.1 Å². The molecule has 4 N–H and O–H groups in total. The van der Waals surface area contributed by atoms with Gasteiger partial charge in [0, 0.05) is 19.4 Å². The number of aromatic amines is 2. The zero-order valence-electron chi connectivity index (χ0n) is 31.9. The number of nitrogens with one attached hydrogen (secondary N) is 4. The van der Waals surface area contributed by atoms with Gasteiger partial charge >= 0.3 is 18.8 Å². The lowest BCUT2D eigenvalue weighted by Gasteiger charge is -2.28. The van der Waals surface area contributed by atoms with Gasteiger partial charge in [-0.15, -0.1) is 0 Å². The van der Waals surface area contributed by atoms with Crippen molar-refractivity contribution in [2.75, 3.05) is 53.7 Å². The number of imidazole rings is 2. The van der Waals surface area contributed by atoms with E-state index in [4.69, 9.17) is 9.47 Å². The SMILES string of the molecule is COC(=O)NCC(=O)N1CC2(C[C@H]1c1ncc(-c3ccc(-c4ccc(-c5cnc([C@@H]6CCCN6C(=O)[C@H](CCOC(F)F)NC(=O)OC)[nH]5)cc4)cc3)[nH]1)OCCO2. The Morgan fingerprint density at radius 1 is 0.845 bits per heavy atom. The summed E-state index contributed by atoms with van der Waals surface area (Å²) in [7, 11) is 2.39. The van der Waals surface area contributed by atoms with Gasteiger partial charge in [0.2, 0.25) is 11.8 Å². The van der Waals surface area contributed by atoms with E-state index in [9.17, 15) is 28.0 Å². The van der Waals surface area contributed by atoms with Gasteiger partial charge in [-0.1, -0.05) is 48.5 Å². The molecule has 0 aliphatic carbocycles. The molecule has 19 heteroatoms. The number of halogens is 2. The number of ether oxygens (including phenoxy) is 5. The number of carbonyl (C=O) groups excluding carboxylic acids is 4. The number of hydrogen-bond acceptors (Lipinski definition) is 11. The molecule has 58 heavy (non-hydrogen) atoms. The Kier molecular flexibility index (Phi) is 12.3. The minimum absolute atomic E-state index is 0.153. The lowest BCUT2D eigenvalue weighted by atomic mass is 10.0. The third kappa shape index (κ3) is 8.95. The van der Waals surface area contributed by atoms with Crippen LogP contribution in [0.5, 0.6) is 0 Å². The molecule has 4 aromatic rings. The molecule has 0 radical (unpaired) electrons. The van der Waals surface area contributed by atoms with Crippen molar-refractivity contribution in [2.24, 2.45) is 0 Å². The molecule has 4 amide bonds. The summed E-state index contributed by atoms with van der Waals surface area (Å²) in [4.78, 5) is 69.4. The van der Waals surface area contributed by atoms with E-state index in [1.807, 2.05) is 48.5 Å². The highest BCUT2D eigenvalue weighted by Gasteiger charge is 2.51. The summed E-state index contributed by atoms with van der Waals surface area (Å²) in [6.45, 7) is -2.20. The van der Waals surface area contributed by atoms with Crippen LogP contribution in [0.15, 0.2) is 60.9 Å². The first kappa shape index (κ1) is 40.3. The normalized spacial score (nSPS) is 19.1. The summed E-state index contributed by atoms with van der Waals surface area (Å²) in [6.07, 6.45) is 3.43. The smallest absolute Gasteiger partial charge is 0.407 e. The van der Waals surface area contributed by atoms with E-state index < -0.39 is 55.2 Å². The molecule has 1 spiro atoms. The van der Waals surface area contributed by atoms with Crippen molar-refractivity contribution >= 4 is 24.0 Å². The summed E-state index contributed by atoms with van der Waals surface area (Å²) >= 11 is 0. The van der Waals surface area contributed by atoms with Crippen molar-refractivity contribution in [3.05, 3.63) is 72.6 Å². The van der Waals surface area contributed by atoms with Crippen LogP contribution < -0.4 is 10.6 Å². The van der Waals surface area contributed by atoms with Gasteiger partial charge in [0.05, 0.1) is 76.5 Å². The molecule has 3 aliphatic rings. The zero-order valence-corrected chi connectivity index (χ0v) is 31.9. The molecule has 3 atom stereocenters. The molecule has 7 rings (SSSR count). The summed E-state index contributed by atoms with van der Waals surface area (Å²) in [6, 6.07) is 13.9. The van der Waals surface area contributed by atoms with Crippen LogP contribution in [0.2, 0.25) is 0 Å². The van der Waals surface area contributed by atoms with Crippen molar-refractivity contribution < 1.29 is 51.6 Å². The molecular weight excluding hydrogens is 762 g/mol. The van der Waals surface area contributed by atoms with E-state index in [1.54, 1.807) is 22.2 Å². The summed E-state index contributed by atoms with van der Waals surface area (Å²) in [5.74, 6) is -0.538. The second-order valence-electron chi connectivity index (χ2n) is 14.0. The Labute approximate surface area is 331 Å². The van der Waals surface area contributed by atoms with Crippen molar-refractivity contribution in [3.63, 3.8) is 0 Å². The number of methoxy groups -OCH3 is 2. The Morgan fingerprint density at radius 3 is 1.98 bits per heavy atom. The average molecular weight is 807 g/mol. The third-order valence-corrected chi connectivity index (χ3v) is 10.5. The van der Waals surface area contributed by atoms with Gasteiger partial charge in [-0.2, -0.15) is 8.78 Å². The fourth-order valence-corrected chi connectivity index (χ4v) is 7.61. The van der Waals surface area contributed by atoms with E-state index in [1.165, 1.54) is 7.11 Å². The van der Waals surface area contributed by atoms with Crippen LogP contribution >= 0.6 is 0 Å². The van der Waals surface area contributed by atoms with Crippen LogP contribution in [0, 0.1) is 0 Å². The molecule has 2 aromatic carbocycles. The van der Waals surface area contributed by atoms with Crippen LogP contribution in [-0.2, 0) is 33.3 Å². The van der Waals surface area contributed by atoms with Crippen LogP contribution in [0.25, 0.3) is 33.6 Å². The number of benzene rings is 2. The molecule has 0 bridgehead atoms. The van der Waals surface area contributed by atoms with E-state index in [0.29, 0.717) is 50.7 Å². The molecule has 0 unspecified atom stereocenters. The first-order chi connectivity index (χ1) is 28.1. The molecule has 2 aromatic heterocycles. The number of H-pyrrole nitrogens is 2. The number of nitrogens with zero attached hydrogens (tertiary/aromatic N) is 4. The van der Waals surface area contributed by atoms with Gasteiger partial charge in [-0.3, -0.25) is 9.59 Å². The highest BCUT2D eigenvalue weighted by atomic mass is 19.3. The van der Waals surface area contributed by atoms with Gasteiger partial charge < -0.3 is 54.1 Å². The van der Waals surface area contributed by atoms with Gasteiger partial charge in [0.25, 0.3) is 0 Å². The largest absolute Gasteiger partial charge is 0.453 e. The molecule has 308 valence electrons. The number of likely N-dealkylation sites (tertiary alicyclic amines) is 2. The highest BCUT2D eigenvalue weighted by Crippen LogP contribution is 2.42. The van der Waals surface area contributed by atoms with Crippen molar-refractivity contribution in [3.8, 4) is 33.6 Å². The predicted octanol–water partition coefficient (Wildman–Crippen LogP) is 4.52.